The number of rotatable bonds is 3. The molecule has 2 aromatic heterocycles. The molecule has 8 nitrogen and oxygen atoms in total. The van der Waals surface area contributed by atoms with Gasteiger partial charge in [-0.15, -0.1) is 0 Å². The third kappa shape index (κ3) is 2.80. The molecule has 1 atom stereocenters. The molecule has 2 aromatic rings. The van der Waals surface area contributed by atoms with Gasteiger partial charge in [0.15, 0.2) is 0 Å². The van der Waals surface area contributed by atoms with Crippen LogP contribution in [0.2, 0.25) is 5.02 Å². The number of carboxylic acids is 1. The molecule has 1 amide bonds. The average molecular weight is 371 g/mol. The number of carbonyl (C=O) groups excluding carboxylic acids is 1. The first kappa shape index (κ1) is 18.1. The first-order valence-corrected chi connectivity index (χ1v) is 7.15. The second-order valence-electron chi connectivity index (χ2n) is 5.08. The standard InChI is InChI=1S/C14H13ClN4O4.H2S/c1-7-6-18(10-4-3-9(15)12(17-10)23-2)13(20)11-8(14(21)22)5-16-19(7)11;/h3-5,7H,6H2,1-2H3,(H,21,22);1H2/t7-;/m0./s1. The molecule has 24 heavy (non-hydrogen) atoms. The maximum atomic E-state index is 12.7. The zero-order chi connectivity index (χ0) is 16.7. The molecule has 1 N–H and O–H groups in total. The van der Waals surface area contributed by atoms with Crippen LogP contribution in [0.15, 0.2) is 18.3 Å². The van der Waals surface area contributed by atoms with Crippen molar-refractivity contribution in [3.8, 4) is 5.88 Å². The second kappa shape index (κ2) is 6.70. The molecule has 0 saturated carbocycles. The average Bonchev–Trinajstić information content (AvgIpc) is 2.97. The lowest BCUT2D eigenvalue weighted by Crippen LogP contribution is -2.43. The SMILES string of the molecule is COc1nc(N2C[C@H](C)n3ncc(C(=O)O)c3C2=O)ccc1Cl.S. The number of amides is 1. The molecule has 128 valence electrons. The summed E-state index contributed by atoms with van der Waals surface area (Å²) in [5.74, 6) is -1.14. The second-order valence-corrected chi connectivity index (χ2v) is 5.49. The molecule has 0 fully saturated rings. The number of ether oxygens (including phenoxy) is 1. The van der Waals surface area contributed by atoms with Crippen LogP contribution in [0.4, 0.5) is 5.82 Å². The minimum atomic E-state index is -1.20. The minimum absolute atomic E-state index is 0. The maximum absolute atomic E-state index is 12.7. The van der Waals surface area contributed by atoms with Gasteiger partial charge in [-0.3, -0.25) is 14.4 Å². The number of methoxy groups -OCH3 is 1. The number of anilines is 1. The van der Waals surface area contributed by atoms with Crippen LogP contribution in [0.25, 0.3) is 0 Å². The number of aromatic nitrogens is 3. The Hall–Kier alpha value is -2.26. The van der Waals surface area contributed by atoms with E-state index in [-0.39, 0.29) is 36.7 Å². The van der Waals surface area contributed by atoms with E-state index in [0.717, 1.165) is 0 Å². The van der Waals surface area contributed by atoms with Crippen LogP contribution in [0.1, 0.15) is 33.8 Å². The fraction of sp³-hybridized carbons (Fsp3) is 0.286. The first-order chi connectivity index (χ1) is 10.9. The van der Waals surface area contributed by atoms with Crippen molar-refractivity contribution in [1.82, 2.24) is 14.8 Å². The molecule has 0 radical (unpaired) electrons. The van der Waals surface area contributed by atoms with E-state index in [1.807, 2.05) is 6.92 Å². The molecule has 0 unspecified atom stereocenters. The maximum Gasteiger partial charge on any atom is 0.339 e. The zero-order valence-corrected chi connectivity index (χ0v) is 14.6. The van der Waals surface area contributed by atoms with Gasteiger partial charge in [-0.1, -0.05) is 11.6 Å². The van der Waals surface area contributed by atoms with Crippen LogP contribution in [0.3, 0.4) is 0 Å². The highest BCUT2D eigenvalue weighted by Gasteiger charge is 2.35. The molecule has 3 rings (SSSR count). The van der Waals surface area contributed by atoms with E-state index in [1.54, 1.807) is 12.1 Å². The van der Waals surface area contributed by atoms with Crippen molar-refractivity contribution in [2.45, 2.75) is 13.0 Å². The Morgan fingerprint density at radius 2 is 2.17 bits per heavy atom. The summed E-state index contributed by atoms with van der Waals surface area (Å²) in [6.07, 6.45) is 1.19. The summed E-state index contributed by atoms with van der Waals surface area (Å²) in [4.78, 5) is 29.6. The normalized spacial score (nSPS) is 16.4. The number of pyridine rings is 1. The molecule has 10 heteroatoms. The van der Waals surface area contributed by atoms with E-state index in [1.165, 1.54) is 22.9 Å². The molecule has 0 aliphatic carbocycles. The summed E-state index contributed by atoms with van der Waals surface area (Å²) in [6.45, 7) is 2.15. The smallest absolute Gasteiger partial charge is 0.339 e. The first-order valence-electron chi connectivity index (χ1n) is 6.77. The molecule has 1 aliphatic heterocycles. The molecule has 1 aliphatic rings. The summed E-state index contributed by atoms with van der Waals surface area (Å²) < 4.78 is 6.49. The van der Waals surface area contributed by atoms with Gasteiger partial charge in [-0.2, -0.15) is 23.6 Å². The van der Waals surface area contributed by atoms with Crippen LogP contribution in [0.5, 0.6) is 5.88 Å². The lowest BCUT2D eigenvalue weighted by Gasteiger charge is -2.31. The van der Waals surface area contributed by atoms with Gasteiger partial charge < -0.3 is 9.84 Å². The molecule has 0 spiro atoms. The number of carboxylic acid groups (broad SMARTS) is 1. The van der Waals surface area contributed by atoms with Gasteiger partial charge in [0.1, 0.15) is 22.1 Å². The number of fused-ring (bicyclic) bond motifs is 1. The highest BCUT2D eigenvalue weighted by molar-refractivity contribution is 7.59. The summed E-state index contributed by atoms with van der Waals surface area (Å²) >= 11 is 5.95. The number of carbonyl (C=O) groups is 2. The minimum Gasteiger partial charge on any atom is -0.480 e. The Bertz CT molecular complexity index is 810. The molecular formula is C14H15ClN4O4S. The van der Waals surface area contributed by atoms with Crippen molar-refractivity contribution in [3.63, 3.8) is 0 Å². The number of halogens is 1. The summed E-state index contributed by atoms with van der Waals surface area (Å²) in [5.41, 5.74) is -0.0977. The number of aromatic carboxylic acids is 1. The van der Waals surface area contributed by atoms with Crippen molar-refractivity contribution >= 4 is 42.8 Å². The van der Waals surface area contributed by atoms with Crippen LogP contribution in [-0.2, 0) is 0 Å². The molecule has 0 saturated heterocycles. The third-order valence-corrected chi connectivity index (χ3v) is 3.89. The molecular weight excluding hydrogens is 356 g/mol. The predicted molar refractivity (Wildman–Crippen MR) is 91.8 cm³/mol. The topological polar surface area (TPSA) is 97.6 Å². The van der Waals surface area contributed by atoms with Crippen molar-refractivity contribution < 1.29 is 19.4 Å². The van der Waals surface area contributed by atoms with Gasteiger partial charge in [0.25, 0.3) is 5.91 Å². The van der Waals surface area contributed by atoms with Crippen molar-refractivity contribution in [2.75, 3.05) is 18.6 Å². The Labute approximate surface area is 149 Å². The number of nitrogens with zero attached hydrogens (tertiary/aromatic N) is 4. The summed E-state index contributed by atoms with van der Waals surface area (Å²) in [6, 6.07) is 2.96. The molecule has 3 heterocycles. The zero-order valence-electron chi connectivity index (χ0n) is 12.9. The highest BCUT2D eigenvalue weighted by Crippen LogP contribution is 2.30. The third-order valence-electron chi connectivity index (χ3n) is 3.61. The van der Waals surface area contributed by atoms with Crippen LogP contribution < -0.4 is 9.64 Å². The number of hydrogen-bond acceptors (Lipinski definition) is 5. The largest absolute Gasteiger partial charge is 0.480 e. The van der Waals surface area contributed by atoms with E-state index in [0.29, 0.717) is 17.4 Å². The Balaban J connectivity index is 0.00000208. The molecule has 0 bridgehead atoms. The lowest BCUT2D eigenvalue weighted by atomic mass is 10.1. The van der Waals surface area contributed by atoms with E-state index in [2.05, 4.69) is 10.1 Å². The summed E-state index contributed by atoms with van der Waals surface area (Å²) in [5, 5.41) is 13.6. The quantitative estimate of drug-likeness (QED) is 0.887. The van der Waals surface area contributed by atoms with Gasteiger partial charge in [0.05, 0.1) is 19.3 Å². The van der Waals surface area contributed by atoms with E-state index in [4.69, 9.17) is 16.3 Å². The fourth-order valence-electron chi connectivity index (χ4n) is 2.52. The Morgan fingerprint density at radius 3 is 2.79 bits per heavy atom. The predicted octanol–water partition coefficient (Wildman–Crippen LogP) is 1.97. The van der Waals surface area contributed by atoms with E-state index < -0.39 is 11.9 Å². The van der Waals surface area contributed by atoms with E-state index >= 15 is 0 Å². The Morgan fingerprint density at radius 1 is 1.46 bits per heavy atom. The van der Waals surface area contributed by atoms with Crippen molar-refractivity contribution in [3.05, 3.63) is 34.6 Å². The van der Waals surface area contributed by atoms with Gasteiger partial charge >= 0.3 is 5.97 Å². The van der Waals surface area contributed by atoms with Crippen molar-refractivity contribution in [1.29, 1.82) is 0 Å². The number of hydrogen-bond donors (Lipinski definition) is 1. The highest BCUT2D eigenvalue weighted by atomic mass is 35.5. The van der Waals surface area contributed by atoms with Crippen LogP contribution in [0, 0.1) is 0 Å². The molecule has 0 aromatic carbocycles. The fourth-order valence-corrected chi connectivity index (χ4v) is 2.71. The summed E-state index contributed by atoms with van der Waals surface area (Å²) in [7, 11) is 1.43. The van der Waals surface area contributed by atoms with Gasteiger partial charge in [0.2, 0.25) is 5.88 Å². The van der Waals surface area contributed by atoms with E-state index in [9.17, 15) is 14.7 Å². The van der Waals surface area contributed by atoms with Gasteiger partial charge in [0, 0.05) is 6.54 Å². The van der Waals surface area contributed by atoms with Crippen molar-refractivity contribution in [2.24, 2.45) is 0 Å². The lowest BCUT2D eigenvalue weighted by molar-refractivity contribution is 0.0690. The van der Waals surface area contributed by atoms with Crippen LogP contribution in [-0.4, -0.2) is 45.4 Å². The van der Waals surface area contributed by atoms with Gasteiger partial charge in [-0.25, -0.2) is 4.79 Å². The Kier molecular flexibility index (Phi) is 5.05. The van der Waals surface area contributed by atoms with Gasteiger partial charge in [-0.05, 0) is 19.1 Å². The monoisotopic (exact) mass is 370 g/mol. The van der Waals surface area contributed by atoms with Crippen LogP contribution >= 0.6 is 25.1 Å².